The molecule has 4 heteroatoms. The van der Waals surface area contributed by atoms with Crippen molar-refractivity contribution in [1.82, 2.24) is 10.3 Å². The lowest BCUT2D eigenvalue weighted by atomic mass is 9.97. The van der Waals surface area contributed by atoms with E-state index in [4.69, 9.17) is 0 Å². The van der Waals surface area contributed by atoms with Gasteiger partial charge in [0.25, 0.3) is 0 Å². The van der Waals surface area contributed by atoms with E-state index < -0.39 is 0 Å². The molecular weight excluding hydrogens is 242 g/mol. The Bertz CT molecular complexity index is 508. The van der Waals surface area contributed by atoms with Crippen LogP contribution < -0.4 is 10.6 Å². The summed E-state index contributed by atoms with van der Waals surface area (Å²) in [5, 5.41) is 9.03. The maximum Gasteiger partial charge on any atom is 0.0795 e. The highest BCUT2D eigenvalue weighted by Gasteiger charge is 2.11. The van der Waals surface area contributed by atoms with Gasteiger partial charge in [0.05, 0.1) is 11.2 Å². The topological polar surface area (TPSA) is 37.0 Å². The molecule has 2 aromatic rings. The molecule has 94 valence electrons. The molecule has 0 radical (unpaired) electrons. The lowest BCUT2D eigenvalue weighted by Gasteiger charge is -2.21. The molecule has 2 N–H and O–H groups in total. The van der Waals surface area contributed by atoms with E-state index in [0.717, 1.165) is 25.3 Å². The summed E-state index contributed by atoms with van der Waals surface area (Å²) in [7, 11) is 0. The van der Waals surface area contributed by atoms with Crippen molar-refractivity contribution in [3.05, 3.63) is 45.9 Å². The van der Waals surface area contributed by atoms with E-state index >= 15 is 0 Å². The van der Waals surface area contributed by atoms with Crippen LogP contribution in [0.2, 0.25) is 0 Å². The van der Waals surface area contributed by atoms with Gasteiger partial charge in [0.15, 0.2) is 0 Å². The molecule has 0 atom stereocenters. The van der Waals surface area contributed by atoms with Gasteiger partial charge < -0.3 is 10.6 Å². The van der Waals surface area contributed by atoms with Gasteiger partial charge in [-0.1, -0.05) is 12.1 Å². The maximum absolute atomic E-state index is 4.28. The Balaban J connectivity index is 1.65. The van der Waals surface area contributed by atoms with Crippen molar-refractivity contribution in [2.24, 2.45) is 0 Å². The molecule has 0 saturated carbocycles. The predicted molar refractivity (Wildman–Crippen MR) is 75.9 cm³/mol. The fourth-order valence-corrected chi connectivity index (χ4v) is 2.96. The van der Waals surface area contributed by atoms with Crippen LogP contribution in [-0.2, 0) is 19.5 Å². The number of thiazole rings is 1. The zero-order valence-electron chi connectivity index (χ0n) is 10.3. The lowest BCUT2D eigenvalue weighted by molar-refractivity contribution is 0.673. The minimum atomic E-state index is 0.848. The molecule has 0 unspecified atom stereocenters. The van der Waals surface area contributed by atoms with Crippen LogP contribution in [-0.4, -0.2) is 11.5 Å². The van der Waals surface area contributed by atoms with Crippen molar-refractivity contribution in [2.75, 3.05) is 11.9 Å². The predicted octanol–water partition coefficient (Wildman–Crippen LogP) is 2.79. The summed E-state index contributed by atoms with van der Waals surface area (Å²) >= 11 is 1.65. The minimum Gasteiger partial charge on any atom is -0.385 e. The van der Waals surface area contributed by atoms with Crippen LogP contribution in [0.5, 0.6) is 0 Å². The lowest BCUT2D eigenvalue weighted by Crippen LogP contribution is -2.18. The van der Waals surface area contributed by atoms with Crippen LogP contribution in [0.3, 0.4) is 0 Å². The number of nitrogens with zero attached hydrogens (tertiary/aromatic N) is 1. The van der Waals surface area contributed by atoms with Gasteiger partial charge in [-0.15, -0.1) is 11.3 Å². The number of rotatable bonds is 4. The Morgan fingerprint density at radius 3 is 3.22 bits per heavy atom. The molecule has 3 nitrogen and oxygen atoms in total. The van der Waals surface area contributed by atoms with E-state index in [2.05, 4.69) is 39.2 Å². The molecule has 18 heavy (non-hydrogen) atoms. The zero-order valence-corrected chi connectivity index (χ0v) is 11.1. The molecule has 1 aromatic heterocycles. The summed E-state index contributed by atoms with van der Waals surface area (Å²) in [5.41, 5.74) is 7.22. The number of benzene rings is 1. The van der Waals surface area contributed by atoms with Gasteiger partial charge in [-0.2, -0.15) is 0 Å². The fraction of sp³-hybridized carbons (Fsp3) is 0.357. The van der Waals surface area contributed by atoms with Crippen LogP contribution in [0.4, 0.5) is 5.69 Å². The average Bonchev–Trinajstić information content (AvgIpc) is 2.92. The molecule has 0 fully saturated rings. The molecule has 1 aliphatic rings. The molecule has 0 saturated heterocycles. The number of anilines is 1. The molecule has 0 spiro atoms. The highest BCUT2D eigenvalue weighted by atomic mass is 32.1. The highest BCUT2D eigenvalue weighted by molar-refractivity contribution is 7.07. The molecule has 2 heterocycles. The van der Waals surface area contributed by atoms with Crippen molar-refractivity contribution in [2.45, 2.75) is 25.9 Å². The first-order chi connectivity index (χ1) is 8.93. The Morgan fingerprint density at radius 2 is 2.33 bits per heavy atom. The van der Waals surface area contributed by atoms with Crippen molar-refractivity contribution in [3.8, 4) is 0 Å². The number of aromatic nitrogens is 1. The number of hydrogen-bond donors (Lipinski definition) is 2. The maximum atomic E-state index is 4.28. The SMILES string of the molecule is c1cc(CNCc2cscn2)c2c(c1)NCCC2. The summed E-state index contributed by atoms with van der Waals surface area (Å²) in [4.78, 5) is 4.28. The van der Waals surface area contributed by atoms with Crippen LogP contribution in [0.25, 0.3) is 0 Å². The van der Waals surface area contributed by atoms with Gasteiger partial charge in [0.1, 0.15) is 0 Å². The first-order valence-corrected chi connectivity index (χ1v) is 7.30. The van der Waals surface area contributed by atoms with Crippen molar-refractivity contribution in [3.63, 3.8) is 0 Å². The first kappa shape index (κ1) is 11.7. The van der Waals surface area contributed by atoms with E-state index in [9.17, 15) is 0 Å². The molecular formula is C14H17N3S. The van der Waals surface area contributed by atoms with Crippen LogP contribution in [0, 0.1) is 0 Å². The number of hydrogen-bond acceptors (Lipinski definition) is 4. The number of nitrogens with one attached hydrogen (secondary N) is 2. The molecule has 0 amide bonds. The fourth-order valence-electron chi connectivity index (χ4n) is 2.40. The van der Waals surface area contributed by atoms with E-state index in [1.807, 2.05) is 5.51 Å². The quantitative estimate of drug-likeness (QED) is 0.886. The van der Waals surface area contributed by atoms with Crippen molar-refractivity contribution >= 4 is 17.0 Å². The Labute approximate surface area is 111 Å². The van der Waals surface area contributed by atoms with Gasteiger partial charge in [0.2, 0.25) is 0 Å². The van der Waals surface area contributed by atoms with E-state index in [-0.39, 0.29) is 0 Å². The second kappa shape index (κ2) is 5.50. The molecule has 3 rings (SSSR count). The molecule has 1 aromatic carbocycles. The smallest absolute Gasteiger partial charge is 0.0795 e. The van der Waals surface area contributed by atoms with Crippen LogP contribution >= 0.6 is 11.3 Å². The summed E-state index contributed by atoms with van der Waals surface area (Å²) in [5.74, 6) is 0. The molecule has 0 aliphatic carbocycles. The standard InChI is InChI=1S/C14H17N3S/c1-3-11(7-15-8-12-9-18-10-17-12)13-4-2-6-16-14(13)5-1/h1,3,5,9-10,15-16H,2,4,6-8H2. The molecule has 0 bridgehead atoms. The summed E-state index contributed by atoms with van der Waals surface area (Å²) in [6.45, 7) is 2.87. The second-order valence-electron chi connectivity index (χ2n) is 4.56. The van der Waals surface area contributed by atoms with Gasteiger partial charge in [0, 0.05) is 30.7 Å². The summed E-state index contributed by atoms with van der Waals surface area (Å²) in [6.07, 6.45) is 2.42. The summed E-state index contributed by atoms with van der Waals surface area (Å²) < 4.78 is 0. The Hall–Kier alpha value is -1.39. The minimum absolute atomic E-state index is 0.848. The monoisotopic (exact) mass is 259 g/mol. The van der Waals surface area contributed by atoms with Crippen LogP contribution in [0.1, 0.15) is 23.2 Å². The summed E-state index contributed by atoms with van der Waals surface area (Å²) in [6, 6.07) is 6.54. The third kappa shape index (κ3) is 2.54. The zero-order chi connectivity index (χ0) is 12.2. The van der Waals surface area contributed by atoms with E-state index in [1.54, 1.807) is 11.3 Å². The third-order valence-corrected chi connectivity index (χ3v) is 3.93. The largest absolute Gasteiger partial charge is 0.385 e. The highest BCUT2D eigenvalue weighted by Crippen LogP contribution is 2.25. The average molecular weight is 259 g/mol. The van der Waals surface area contributed by atoms with Gasteiger partial charge in [-0.05, 0) is 30.0 Å². The Morgan fingerprint density at radius 1 is 1.33 bits per heavy atom. The third-order valence-electron chi connectivity index (χ3n) is 3.30. The van der Waals surface area contributed by atoms with E-state index in [0.29, 0.717) is 0 Å². The second-order valence-corrected chi connectivity index (χ2v) is 5.28. The van der Waals surface area contributed by atoms with Crippen LogP contribution in [0.15, 0.2) is 29.1 Å². The Kier molecular flexibility index (Phi) is 3.57. The van der Waals surface area contributed by atoms with Gasteiger partial charge in [-0.3, -0.25) is 0 Å². The van der Waals surface area contributed by atoms with Gasteiger partial charge in [-0.25, -0.2) is 4.98 Å². The van der Waals surface area contributed by atoms with Crippen molar-refractivity contribution < 1.29 is 0 Å². The number of fused-ring (bicyclic) bond motifs is 1. The van der Waals surface area contributed by atoms with E-state index in [1.165, 1.54) is 29.7 Å². The van der Waals surface area contributed by atoms with Crippen molar-refractivity contribution in [1.29, 1.82) is 0 Å². The molecule has 1 aliphatic heterocycles. The normalized spacial score (nSPS) is 14.0. The van der Waals surface area contributed by atoms with Gasteiger partial charge >= 0.3 is 0 Å². The first-order valence-electron chi connectivity index (χ1n) is 6.36.